The Hall–Kier alpha value is -0.470. The van der Waals surface area contributed by atoms with Crippen LogP contribution in [0.4, 0.5) is 0 Å². The van der Waals surface area contributed by atoms with E-state index in [4.69, 9.17) is 5.73 Å². The number of benzene rings is 1. The monoisotopic (exact) mass is 263 g/mol. The molecule has 1 aromatic rings. The highest BCUT2D eigenvalue weighted by atomic mass is 32.2. The number of rotatable bonds is 4. The topological polar surface area (TPSA) is 26.0 Å². The van der Waals surface area contributed by atoms with Gasteiger partial charge in [-0.3, -0.25) is 0 Å². The Balaban J connectivity index is 1.93. The van der Waals surface area contributed by atoms with Crippen molar-refractivity contribution in [2.75, 3.05) is 0 Å². The van der Waals surface area contributed by atoms with E-state index in [0.717, 1.165) is 17.6 Å². The molecular weight excluding hydrogens is 238 g/mol. The second kappa shape index (κ2) is 6.63. The van der Waals surface area contributed by atoms with E-state index in [2.05, 4.69) is 49.9 Å². The second-order valence-corrected chi connectivity index (χ2v) is 6.97. The molecule has 0 heterocycles. The quantitative estimate of drug-likeness (QED) is 0.847. The molecule has 0 saturated heterocycles. The Morgan fingerprint density at radius 1 is 1.28 bits per heavy atom. The second-order valence-electron chi connectivity index (χ2n) is 5.60. The minimum atomic E-state index is 0.193. The van der Waals surface area contributed by atoms with Crippen LogP contribution in [0.3, 0.4) is 0 Å². The van der Waals surface area contributed by atoms with Gasteiger partial charge in [0.25, 0.3) is 0 Å². The molecule has 0 bridgehead atoms. The van der Waals surface area contributed by atoms with Gasteiger partial charge in [0.1, 0.15) is 0 Å². The van der Waals surface area contributed by atoms with Gasteiger partial charge in [-0.15, -0.1) is 11.8 Å². The third-order valence-corrected chi connectivity index (χ3v) is 5.24. The first-order valence-corrected chi connectivity index (χ1v) is 8.09. The van der Waals surface area contributed by atoms with Gasteiger partial charge in [0.05, 0.1) is 0 Å². The zero-order valence-electron chi connectivity index (χ0n) is 11.6. The van der Waals surface area contributed by atoms with E-state index in [1.807, 2.05) is 0 Å². The predicted octanol–water partition coefficient (Wildman–Crippen LogP) is 4.77. The van der Waals surface area contributed by atoms with Gasteiger partial charge in [0.2, 0.25) is 0 Å². The highest BCUT2D eigenvalue weighted by molar-refractivity contribution is 8.00. The average Bonchev–Trinajstić information content (AvgIpc) is 2.39. The fourth-order valence-electron chi connectivity index (χ4n) is 2.71. The summed E-state index contributed by atoms with van der Waals surface area (Å²) in [5.41, 5.74) is 7.30. The normalized spacial score (nSPS) is 25.9. The molecule has 0 spiro atoms. The van der Waals surface area contributed by atoms with Crippen LogP contribution in [-0.2, 0) is 0 Å². The summed E-state index contributed by atoms with van der Waals surface area (Å²) in [5, 5.41) is 0.819. The Morgan fingerprint density at radius 2 is 2.00 bits per heavy atom. The molecule has 3 unspecified atom stereocenters. The fraction of sp³-hybridized carbons (Fsp3) is 0.625. The van der Waals surface area contributed by atoms with Crippen LogP contribution >= 0.6 is 11.8 Å². The van der Waals surface area contributed by atoms with Crippen LogP contribution in [0, 0.1) is 5.92 Å². The Kier molecular flexibility index (Phi) is 5.13. The Labute approximate surface area is 116 Å². The van der Waals surface area contributed by atoms with Crippen LogP contribution in [-0.4, -0.2) is 5.25 Å². The summed E-state index contributed by atoms with van der Waals surface area (Å²) in [6, 6.07) is 9.08. The van der Waals surface area contributed by atoms with Crippen molar-refractivity contribution < 1.29 is 0 Å². The summed E-state index contributed by atoms with van der Waals surface area (Å²) in [7, 11) is 0. The molecular formula is C16H25NS. The van der Waals surface area contributed by atoms with Gasteiger partial charge in [-0.25, -0.2) is 0 Å². The van der Waals surface area contributed by atoms with Gasteiger partial charge >= 0.3 is 0 Å². The molecule has 1 aromatic carbocycles. The Morgan fingerprint density at radius 3 is 2.61 bits per heavy atom. The lowest BCUT2D eigenvalue weighted by atomic mass is 9.91. The van der Waals surface area contributed by atoms with E-state index in [0.29, 0.717) is 0 Å². The van der Waals surface area contributed by atoms with Gasteiger partial charge in [0, 0.05) is 16.2 Å². The summed E-state index contributed by atoms with van der Waals surface area (Å²) >= 11 is 2.06. The molecule has 0 amide bonds. The third kappa shape index (κ3) is 3.76. The fourth-order valence-corrected chi connectivity index (χ4v) is 4.09. The molecule has 2 N–H and O–H groups in total. The van der Waals surface area contributed by atoms with E-state index < -0.39 is 0 Å². The molecule has 100 valence electrons. The van der Waals surface area contributed by atoms with E-state index >= 15 is 0 Å². The van der Waals surface area contributed by atoms with E-state index in [1.165, 1.54) is 36.1 Å². The maximum absolute atomic E-state index is 6.04. The highest BCUT2D eigenvalue weighted by Gasteiger charge is 2.19. The molecule has 0 aromatic heterocycles. The van der Waals surface area contributed by atoms with E-state index in [9.17, 15) is 0 Å². The van der Waals surface area contributed by atoms with Crippen LogP contribution in [0.2, 0.25) is 0 Å². The summed E-state index contributed by atoms with van der Waals surface area (Å²) in [4.78, 5) is 1.40. The maximum atomic E-state index is 6.04. The molecule has 1 aliphatic carbocycles. The maximum Gasteiger partial charge on any atom is 0.0292 e. The number of hydrogen-bond acceptors (Lipinski definition) is 2. The van der Waals surface area contributed by atoms with Crippen molar-refractivity contribution in [1.29, 1.82) is 0 Å². The minimum absolute atomic E-state index is 0.193. The zero-order valence-corrected chi connectivity index (χ0v) is 12.4. The zero-order chi connectivity index (χ0) is 13.0. The van der Waals surface area contributed by atoms with Crippen molar-refractivity contribution >= 4 is 11.8 Å². The summed E-state index contributed by atoms with van der Waals surface area (Å²) in [6.07, 6.45) is 6.58. The van der Waals surface area contributed by atoms with Gasteiger partial charge < -0.3 is 5.73 Å². The van der Waals surface area contributed by atoms with Crippen molar-refractivity contribution in [3.8, 4) is 0 Å². The number of hydrogen-bond donors (Lipinski definition) is 1. The van der Waals surface area contributed by atoms with Gasteiger partial charge in [-0.2, -0.15) is 0 Å². The van der Waals surface area contributed by atoms with Crippen molar-refractivity contribution in [1.82, 2.24) is 0 Å². The highest BCUT2D eigenvalue weighted by Crippen LogP contribution is 2.36. The van der Waals surface area contributed by atoms with Crippen LogP contribution in [0.15, 0.2) is 29.2 Å². The minimum Gasteiger partial charge on any atom is -0.324 e. The van der Waals surface area contributed by atoms with Gasteiger partial charge in [0.15, 0.2) is 0 Å². The lowest BCUT2D eigenvalue weighted by Gasteiger charge is -2.26. The van der Waals surface area contributed by atoms with Crippen LogP contribution in [0.25, 0.3) is 0 Å². The van der Waals surface area contributed by atoms with Crippen molar-refractivity contribution in [2.45, 2.75) is 62.1 Å². The first kappa shape index (κ1) is 14.0. The first-order chi connectivity index (χ1) is 8.69. The lowest BCUT2D eigenvalue weighted by Crippen LogP contribution is -2.14. The van der Waals surface area contributed by atoms with Crippen molar-refractivity contribution in [2.24, 2.45) is 11.7 Å². The molecule has 1 fully saturated rings. The standard InChI is InChI=1S/C16H25NS/c1-3-16(17)13-7-9-14(10-8-13)18-15-6-4-5-12(2)11-15/h7-10,12,15-16H,3-6,11,17H2,1-2H3. The van der Waals surface area contributed by atoms with E-state index in [1.54, 1.807) is 0 Å². The van der Waals surface area contributed by atoms with Crippen molar-refractivity contribution in [3.63, 3.8) is 0 Å². The van der Waals surface area contributed by atoms with Crippen LogP contribution in [0.1, 0.15) is 57.6 Å². The van der Waals surface area contributed by atoms with Crippen LogP contribution < -0.4 is 5.73 Å². The van der Waals surface area contributed by atoms with Crippen molar-refractivity contribution in [3.05, 3.63) is 29.8 Å². The van der Waals surface area contributed by atoms with Gasteiger partial charge in [-0.05, 0) is 42.9 Å². The Bertz CT molecular complexity index is 360. The molecule has 0 radical (unpaired) electrons. The molecule has 1 saturated carbocycles. The van der Waals surface area contributed by atoms with Gasteiger partial charge in [-0.1, -0.05) is 38.8 Å². The summed E-state index contributed by atoms with van der Waals surface area (Å²) in [6.45, 7) is 4.52. The first-order valence-electron chi connectivity index (χ1n) is 7.21. The average molecular weight is 263 g/mol. The largest absolute Gasteiger partial charge is 0.324 e. The molecule has 2 rings (SSSR count). The number of nitrogens with two attached hydrogens (primary N) is 1. The van der Waals surface area contributed by atoms with E-state index in [-0.39, 0.29) is 6.04 Å². The molecule has 3 atom stereocenters. The molecule has 2 heteroatoms. The molecule has 1 nitrogen and oxygen atoms in total. The molecule has 1 aliphatic rings. The summed E-state index contributed by atoms with van der Waals surface area (Å²) < 4.78 is 0. The molecule has 18 heavy (non-hydrogen) atoms. The smallest absolute Gasteiger partial charge is 0.0292 e. The molecule has 0 aliphatic heterocycles. The number of thioether (sulfide) groups is 1. The lowest BCUT2D eigenvalue weighted by molar-refractivity contribution is 0.394. The van der Waals surface area contributed by atoms with Crippen LogP contribution in [0.5, 0.6) is 0 Å². The summed E-state index contributed by atoms with van der Waals surface area (Å²) in [5.74, 6) is 0.907. The third-order valence-electron chi connectivity index (χ3n) is 3.94. The predicted molar refractivity (Wildman–Crippen MR) is 80.9 cm³/mol. The SMILES string of the molecule is CCC(N)c1ccc(SC2CCCC(C)C2)cc1.